The lowest BCUT2D eigenvalue weighted by molar-refractivity contribution is -0.141. The van der Waals surface area contributed by atoms with Gasteiger partial charge in [-0.05, 0) is 62.8 Å². The predicted octanol–water partition coefficient (Wildman–Crippen LogP) is 4.95. The molecule has 0 fully saturated rings. The second-order valence-corrected chi connectivity index (χ2v) is 6.96. The first-order valence-corrected chi connectivity index (χ1v) is 9.01. The van der Waals surface area contributed by atoms with E-state index in [0.717, 1.165) is 29.8 Å². The van der Waals surface area contributed by atoms with Gasteiger partial charge in [0.25, 0.3) is 5.91 Å². The van der Waals surface area contributed by atoms with Gasteiger partial charge in [0.05, 0.1) is 6.61 Å². The number of benzene rings is 1. The summed E-state index contributed by atoms with van der Waals surface area (Å²) in [5.74, 6) is 1.15. The fraction of sp³-hybridized carbons (Fsp3) is 0.650. The minimum Gasteiger partial charge on any atom is -0.493 e. The van der Waals surface area contributed by atoms with Crippen LogP contribution < -0.4 is 10.1 Å². The van der Waals surface area contributed by atoms with Gasteiger partial charge in [-0.3, -0.25) is 4.79 Å². The highest BCUT2D eigenvalue weighted by Crippen LogP contribution is 2.26. The average molecular weight is 335 g/mol. The summed E-state index contributed by atoms with van der Waals surface area (Å²) in [6, 6.07) is 5.73. The average Bonchev–Trinajstić information content (AvgIpc) is 2.51. The number of ether oxygens (including phenoxy) is 2. The molecule has 1 N–H and O–H groups in total. The molecule has 0 aliphatic rings. The van der Waals surface area contributed by atoms with Crippen LogP contribution in [0.4, 0.5) is 5.69 Å². The molecule has 0 aliphatic heterocycles. The van der Waals surface area contributed by atoms with Crippen LogP contribution in [0.5, 0.6) is 5.75 Å². The first-order chi connectivity index (χ1) is 11.3. The number of carbonyl (C=O) groups excluding carboxylic acids is 1. The zero-order valence-corrected chi connectivity index (χ0v) is 16.1. The summed E-state index contributed by atoms with van der Waals surface area (Å²) in [4.78, 5) is 12.8. The van der Waals surface area contributed by atoms with E-state index in [1.54, 1.807) is 0 Å². The molecule has 136 valence electrons. The lowest BCUT2D eigenvalue weighted by atomic mass is 9.93. The minimum absolute atomic E-state index is 0.0914. The van der Waals surface area contributed by atoms with Crippen molar-refractivity contribution in [1.29, 1.82) is 0 Å². The molecule has 1 atom stereocenters. The van der Waals surface area contributed by atoms with Gasteiger partial charge in [0.1, 0.15) is 11.4 Å². The largest absolute Gasteiger partial charge is 0.493 e. The standard InChI is InChI=1S/C20H33NO3/c1-7-11-23-18-10-9-17(13-16(18)5)21-19(22)20(6,14-15(3)4)24-12-8-2/h9-10,13,15H,7-8,11-12,14H2,1-6H3,(H,21,22). The number of aryl methyl sites for hydroxylation is 1. The number of hydrogen-bond acceptors (Lipinski definition) is 3. The molecule has 0 aliphatic carbocycles. The smallest absolute Gasteiger partial charge is 0.256 e. The van der Waals surface area contributed by atoms with Crippen molar-refractivity contribution in [1.82, 2.24) is 0 Å². The fourth-order valence-corrected chi connectivity index (χ4v) is 2.69. The van der Waals surface area contributed by atoms with Gasteiger partial charge in [-0.15, -0.1) is 0 Å². The van der Waals surface area contributed by atoms with Crippen molar-refractivity contribution in [3.8, 4) is 5.75 Å². The monoisotopic (exact) mass is 335 g/mol. The first kappa shape index (κ1) is 20.5. The number of hydrogen-bond donors (Lipinski definition) is 1. The molecular formula is C20H33NO3. The van der Waals surface area contributed by atoms with E-state index in [9.17, 15) is 4.79 Å². The van der Waals surface area contributed by atoms with Crippen molar-refractivity contribution in [2.75, 3.05) is 18.5 Å². The summed E-state index contributed by atoms with van der Waals surface area (Å²) >= 11 is 0. The van der Waals surface area contributed by atoms with Crippen LogP contribution in [0.15, 0.2) is 18.2 Å². The van der Waals surface area contributed by atoms with Crippen molar-refractivity contribution in [3.05, 3.63) is 23.8 Å². The molecule has 0 radical (unpaired) electrons. The van der Waals surface area contributed by atoms with E-state index in [4.69, 9.17) is 9.47 Å². The Morgan fingerprint density at radius 1 is 1.21 bits per heavy atom. The third kappa shape index (κ3) is 6.16. The zero-order valence-electron chi connectivity index (χ0n) is 16.1. The zero-order chi connectivity index (χ0) is 18.2. The highest BCUT2D eigenvalue weighted by molar-refractivity contribution is 5.97. The SMILES string of the molecule is CCCOc1ccc(NC(=O)C(C)(CC(C)C)OCCC)cc1C. The molecule has 0 bridgehead atoms. The summed E-state index contributed by atoms with van der Waals surface area (Å²) in [7, 11) is 0. The highest BCUT2D eigenvalue weighted by atomic mass is 16.5. The predicted molar refractivity (Wildman–Crippen MR) is 99.7 cm³/mol. The molecule has 0 saturated carbocycles. The second-order valence-electron chi connectivity index (χ2n) is 6.96. The number of anilines is 1. The molecule has 1 rings (SSSR count). The van der Waals surface area contributed by atoms with Crippen molar-refractivity contribution in [2.24, 2.45) is 5.92 Å². The summed E-state index contributed by atoms with van der Waals surface area (Å²) in [6.07, 6.45) is 2.55. The Bertz CT molecular complexity index is 528. The molecule has 4 nitrogen and oxygen atoms in total. The number of rotatable bonds is 10. The molecule has 1 aromatic carbocycles. The third-order valence-corrected chi connectivity index (χ3v) is 3.80. The number of amides is 1. The van der Waals surface area contributed by atoms with Crippen molar-refractivity contribution >= 4 is 11.6 Å². The Kier molecular flexibility index (Phi) is 8.26. The van der Waals surface area contributed by atoms with Gasteiger partial charge in [0.15, 0.2) is 0 Å². The van der Waals surface area contributed by atoms with Crippen molar-refractivity contribution in [2.45, 2.75) is 66.4 Å². The van der Waals surface area contributed by atoms with Crippen molar-refractivity contribution < 1.29 is 14.3 Å². The van der Waals surface area contributed by atoms with E-state index in [1.807, 2.05) is 39.0 Å². The van der Waals surface area contributed by atoms with E-state index in [-0.39, 0.29) is 5.91 Å². The molecule has 0 aromatic heterocycles. The Labute approximate surface area is 146 Å². The fourth-order valence-electron chi connectivity index (χ4n) is 2.69. The van der Waals surface area contributed by atoms with Crippen LogP contribution in [-0.2, 0) is 9.53 Å². The van der Waals surface area contributed by atoms with Gasteiger partial charge in [0, 0.05) is 12.3 Å². The van der Waals surface area contributed by atoms with Gasteiger partial charge in [-0.25, -0.2) is 0 Å². The van der Waals surface area contributed by atoms with Crippen LogP contribution in [-0.4, -0.2) is 24.7 Å². The molecule has 1 amide bonds. The minimum atomic E-state index is -0.810. The third-order valence-electron chi connectivity index (χ3n) is 3.80. The summed E-state index contributed by atoms with van der Waals surface area (Å²) in [6.45, 7) is 13.5. The van der Waals surface area contributed by atoms with Gasteiger partial charge in [-0.1, -0.05) is 27.7 Å². The number of carbonyl (C=O) groups is 1. The van der Waals surface area contributed by atoms with Gasteiger partial charge in [0.2, 0.25) is 0 Å². The van der Waals surface area contributed by atoms with E-state index in [1.165, 1.54) is 0 Å². The van der Waals surface area contributed by atoms with E-state index >= 15 is 0 Å². The molecule has 0 heterocycles. The van der Waals surface area contributed by atoms with E-state index in [2.05, 4.69) is 26.1 Å². The first-order valence-electron chi connectivity index (χ1n) is 9.01. The Hall–Kier alpha value is -1.55. The molecule has 24 heavy (non-hydrogen) atoms. The second kappa shape index (κ2) is 9.67. The normalized spacial score (nSPS) is 13.6. The Morgan fingerprint density at radius 3 is 2.42 bits per heavy atom. The highest BCUT2D eigenvalue weighted by Gasteiger charge is 2.35. The van der Waals surface area contributed by atoms with Crippen LogP contribution in [0.25, 0.3) is 0 Å². The van der Waals surface area contributed by atoms with Crippen LogP contribution >= 0.6 is 0 Å². The maximum Gasteiger partial charge on any atom is 0.256 e. The van der Waals surface area contributed by atoms with Gasteiger partial charge >= 0.3 is 0 Å². The maximum atomic E-state index is 12.8. The van der Waals surface area contributed by atoms with Crippen LogP contribution in [0.1, 0.15) is 59.4 Å². The van der Waals surface area contributed by atoms with Crippen molar-refractivity contribution in [3.63, 3.8) is 0 Å². The van der Waals surface area contributed by atoms with E-state index < -0.39 is 5.60 Å². The lowest BCUT2D eigenvalue weighted by Crippen LogP contribution is -2.44. The lowest BCUT2D eigenvalue weighted by Gasteiger charge is -2.30. The quantitative estimate of drug-likeness (QED) is 0.658. The Balaban J connectivity index is 2.84. The van der Waals surface area contributed by atoms with Crippen LogP contribution in [0.2, 0.25) is 0 Å². The Morgan fingerprint density at radius 2 is 1.88 bits per heavy atom. The summed E-state index contributed by atoms with van der Waals surface area (Å²) in [5, 5.41) is 3.00. The summed E-state index contributed by atoms with van der Waals surface area (Å²) in [5.41, 5.74) is 0.979. The van der Waals surface area contributed by atoms with Gasteiger partial charge < -0.3 is 14.8 Å². The van der Waals surface area contributed by atoms with Crippen LogP contribution in [0.3, 0.4) is 0 Å². The molecular weight excluding hydrogens is 302 g/mol. The van der Waals surface area contributed by atoms with E-state index in [0.29, 0.717) is 25.6 Å². The molecule has 1 aromatic rings. The maximum absolute atomic E-state index is 12.8. The molecule has 4 heteroatoms. The topological polar surface area (TPSA) is 47.6 Å². The molecule has 1 unspecified atom stereocenters. The summed E-state index contributed by atoms with van der Waals surface area (Å²) < 4.78 is 11.6. The number of nitrogens with one attached hydrogen (secondary N) is 1. The molecule has 0 saturated heterocycles. The van der Waals surface area contributed by atoms with Gasteiger partial charge in [-0.2, -0.15) is 0 Å². The molecule has 0 spiro atoms. The van der Waals surface area contributed by atoms with Crippen LogP contribution in [0, 0.1) is 12.8 Å².